The highest BCUT2D eigenvalue weighted by Crippen LogP contribution is 2.12. The fourth-order valence-corrected chi connectivity index (χ4v) is 0.941. The predicted octanol–water partition coefficient (Wildman–Crippen LogP) is 2.44. The van der Waals surface area contributed by atoms with Crippen LogP contribution in [0.3, 0.4) is 0 Å². The third-order valence-corrected chi connectivity index (χ3v) is 1.66. The number of hydrogen-bond acceptors (Lipinski definition) is 1. The van der Waals surface area contributed by atoms with Crippen LogP contribution in [0.4, 0.5) is 10.5 Å². The van der Waals surface area contributed by atoms with Crippen LogP contribution in [0.2, 0.25) is 5.02 Å². The number of benzene rings is 1. The molecular formula is C10H9ClN2O. The standard InChI is InChI=1S/C10H9ClN2O/c1-2-7-12-10(14)13-9-5-3-8(11)4-6-9/h3-6H,1H3,(H2,12,13,14). The number of halogens is 1. The largest absolute Gasteiger partial charge is 0.330 e. The Balaban J connectivity index is 2.55. The van der Waals surface area contributed by atoms with E-state index in [0.29, 0.717) is 10.7 Å². The second-order valence-electron chi connectivity index (χ2n) is 2.46. The number of amides is 2. The molecule has 0 saturated carbocycles. The van der Waals surface area contributed by atoms with Gasteiger partial charge in [0.1, 0.15) is 0 Å². The first-order chi connectivity index (χ1) is 6.72. The van der Waals surface area contributed by atoms with Gasteiger partial charge in [-0.15, -0.1) is 0 Å². The van der Waals surface area contributed by atoms with Crippen LogP contribution in [0.5, 0.6) is 0 Å². The molecule has 14 heavy (non-hydrogen) atoms. The maximum absolute atomic E-state index is 11.1. The number of hydrogen-bond donors (Lipinski definition) is 2. The molecule has 0 spiro atoms. The van der Waals surface area contributed by atoms with E-state index in [1.807, 2.05) is 0 Å². The van der Waals surface area contributed by atoms with Gasteiger partial charge in [0.15, 0.2) is 0 Å². The Bertz CT molecular complexity index is 375. The number of nitrogens with one attached hydrogen (secondary N) is 2. The normalized spacial score (nSPS) is 8.43. The Morgan fingerprint density at radius 2 is 2.00 bits per heavy atom. The molecule has 0 heterocycles. The van der Waals surface area contributed by atoms with Crippen molar-refractivity contribution in [1.29, 1.82) is 0 Å². The molecule has 0 aliphatic heterocycles. The maximum atomic E-state index is 11.1. The number of rotatable bonds is 1. The molecule has 2 N–H and O–H groups in total. The van der Waals surface area contributed by atoms with Gasteiger partial charge in [-0.05, 0) is 31.2 Å². The van der Waals surface area contributed by atoms with Gasteiger partial charge in [-0.1, -0.05) is 17.5 Å². The van der Waals surface area contributed by atoms with Crippen molar-refractivity contribution in [2.45, 2.75) is 6.92 Å². The van der Waals surface area contributed by atoms with Crippen LogP contribution in [0.25, 0.3) is 0 Å². The van der Waals surface area contributed by atoms with Crippen LogP contribution in [-0.2, 0) is 0 Å². The van der Waals surface area contributed by atoms with Crippen LogP contribution in [0.1, 0.15) is 6.92 Å². The van der Waals surface area contributed by atoms with E-state index in [0.717, 1.165) is 0 Å². The van der Waals surface area contributed by atoms with Crippen LogP contribution in [0.15, 0.2) is 24.3 Å². The smallest absolute Gasteiger partial charge is 0.307 e. The SMILES string of the molecule is CC#CNC(=O)Nc1ccc(Cl)cc1. The Morgan fingerprint density at radius 3 is 2.57 bits per heavy atom. The molecule has 2 amide bonds. The molecule has 1 aromatic carbocycles. The van der Waals surface area contributed by atoms with E-state index in [-0.39, 0.29) is 6.03 Å². The van der Waals surface area contributed by atoms with Crippen molar-refractivity contribution in [3.05, 3.63) is 29.3 Å². The van der Waals surface area contributed by atoms with Gasteiger partial charge in [-0.2, -0.15) is 0 Å². The molecule has 0 aromatic heterocycles. The second-order valence-corrected chi connectivity index (χ2v) is 2.90. The lowest BCUT2D eigenvalue weighted by atomic mass is 10.3. The summed E-state index contributed by atoms with van der Waals surface area (Å²) in [5.74, 6) is 2.55. The zero-order chi connectivity index (χ0) is 10.4. The lowest BCUT2D eigenvalue weighted by molar-refractivity contribution is 0.255. The van der Waals surface area contributed by atoms with Gasteiger partial charge < -0.3 is 5.32 Å². The number of carbonyl (C=O) groups is 1. The average Bonchev–Trinajstić information content (AvgIpc) is 2.18. The lowest BCUT2D eigenvalue weighted by Crippen LogP contribution is -2.24. The highest BCUT2D eigenvalue weighted by atomic mass is 35.5. The van der Waals surface area contributed by atoms with Crippen LogP contribution in [-0.4, -0.2) is 6.03 Å². The zero-order valence-electron chi connectivity index (χ0n) is 7.60. The molecule has 1 rings (SSSR count). The third-order valence-electron chi connectivity index (χ3n) is 1.40. The molecule has 1 aromatic rings. The van der Waals surface area contributed by atoms with Gasteiger partial charge in [-0.3, -0.25) is 5.32 Å². The molecule has 0 saturated heterocycles. The van der Waals surface area contributed by atoms with Crippen LogP contribution < -0.4 is 10.6 Å². The summed E-state index contributed by atoms with van der Waals surface area (Å²) in [6, 6.07) is 8.90. The Kier molecular flexibility index (Phi) is 3.84. The van der Waals surface area contributed by atoms with Gasteiger partial charge in [0.2, 0.25) is 0 Å². The zero-order valence-corrected chi connectivity index (χ0v) is 8.35. The van der Waals surface area contributed by atoms with Crippen molar-refractivity contribution in [2.24, 2.45) is 0 Å². The van der Waals surface area contributed by atoms with E-state index in [1.165, 1.54) is 0 Å². The molecule has 0 unspecified atom stereocenters. The van der Waals surface area contributed by atoms with E-state index >= 15 is 0 Å². The molecule has 0 aliphatic carbocycles. The fraction of sp³-hybridized carbons (Fsp3) is 0.100. The summed E-state index contributed by atoms with van der Waals surface area (Å²) < 4.78 is 0. The summed E-state index contributed by atoms with van der Waals surface area (Å²) in [6.45, 7) is 1.64. The summed E-state index contributed by atoms with van der Waals surface area (Å²) in [7, 11) is 0. The van der Waals surface area contributed by atoms with E-state index in [2.05, 4.69) is 22.6 Å². The van der Waals surface area contributed by atoms with Gasteiger partial charge in [-0.25, -0.2) is 4.79 Å². The summed E-state index contributed by atoms with van der Waals surface area (Å²) in [5, 5.41) is 5.57. The monoisotopic (exact) mass is 208 g/mol. The van der Waals surface area contributed by atoms with Crippen molar-refractivity contribution in [2.75, 3.05) is 5.32 Å². The van der Waals surface area contributed by atoms with E-state index < -0.39 is 0 Å². The molecular weight excluding hydrogens is 200 g/mol. The highest BCUT2D eigenvalue weighted by Gasteiger charge is 1.97. The first-order valence-electron chi connectivity index (χ1n) is 3.96. The number of anilines is 1. The predicted molar refractivity (Wildman–Crippen MR) is 57.1 cm³/mol. The van der Waals surface area contributed by atoms with E-state index in [9.17, 15) is 4.79 Å². The van der Waals surface area contributed by atoms with E-state index in [4.69, 9.17) is 11.6 Å². The second kappa shape index (κ2) is 5.15. The van der Waals surface area contributed by atoms with E-state index in [1.54, 1.807) is 31.2 Å². The fourth-order valence-electron chi connectivity index (χ4n) is 0.815. The minimum atomic E-state index is -0.360. The summed E-state index contributed by atoms with van der Waals surface area (Å²) in [5.41, 5.74) is 0.671. The molecule has 0 fully saturated rings. The third kappa shape index (κ3) is 3.38. The van der Waals surface area contributed by atoms with Crippen molar-refractivity contribution in [3.63, 3.8) is 0 Å². The lowest BCUT2D eigenvalue weighted by Gasteiger charge is -2.02. The summed E-state index contributed by atoms with van der Waals surface area (Å²) in [6.07, 6.45) is 0. The molecule has 0 bridgehead atoms. The molecule has 0 aliphatic rings. The maximum Gasteiger partial charge on any atom is 0.330 e. The van der Waals surface area contributed by atoms with Crippen molar-refractivity contribution in [3.8, 4) is 12.0 Å². The van der Waals surface area contributed by atoms with Gasteiger partial charge in [0, 0.05) is 16.8 Å². The van der Waals surface area contributed by atoms with Crippen molar-refractivity contribution in [1.82, 2.24) is 5.32 Å². The van der Waals surface area contributed by atoms with Crippen molar-refractivity contribution >= 4 is 23.3 Å². The first kappa shape index (κ1) is 10.4. The van der Waals surface area contributed by atoms with Gasteiger partial charge in [0.25, 0.3) is 0 Å². The molecule has 0 atom stereocenters. The Labute approximate surface area is 87.5 Å². The van der Waals surface area contributed by atoms with Crippen molar-refractivity contribution < 1.29 is 4.79 Å². The first-order valence-corrected chi connectivity index (χ1v) is 4.34. The summed E-state index contributed by atoms with van der Waals surface area (Å²) >= 11 is 5.68. The van der Waals surface area contributed by atoms with Gasteiger partial charge in [0.05, 0.1) is 0 Å². The minimum absolute atomic E-state index is 0.360. The Morgan fingerprint density at radius 1 is 1.36 bits per heavy atom. The average molecular weight is 209 g/mol. The van der Waals surface area contributed by atoms with Crippen LogP contribution in [0, 0.1) is 12.0 Å². The highest BCUT2D eigenvalue weighted by molar-refractivity contribution is 6.30. The minimum Gasteiger partial charge on any atom is -0.307 e. The molecule has 72 valence electrons. The quantitative estimate of drug-likeness (QED) is 0.540. The van der Waals surface area contributed by atoms with Crippen LogP contribution >= 0.6 is 11.6 Å². The number of carbonyl (C=O) groups excluding carboxylic acids is 1. The Hall–Kier alpha value is -1.66. The molecule has 0 radical (unpaired) electrons. The molecule has 4 heteroatoms. The number of urea groups is 1. The van der Waals surface area contributed by atoms with Gasteiger partial charge >= 0.3 is 6.03 Å². The topological polar surface area (TPSA) is 41.1 Å². The molecule has 3 nitrogen and oxygen atoms in total. The summed E-state index contributed by atoms with van der Waals surface area (Å²) in [4.78, 5) is 11.1.